The Hall–Kier alpha value is -1.52. The van der Waals surface area contributed by atoms with Gasteiger partial charge in [-0.2, -0.15) is 0 Å². The molecule has 0 unspecified atom stereocenters. The number of halogens is 3. The standard InChI is InChI=1S/C15H16Cl2FN3/c1-3-19-14-11(16)8-12(17)15(20-14)21(2)9-10-6-4-5-7-13(10)18/h4-8H,3,9H2,1-2H3,(H,19,20). The lowest BCUT2D eigenvalue weighted by atomic mass is 10.2. The molecule has 0 spiro atoms. The Morgan fingerprint density at radius 3 is 2.62 bits per heavy atom. The van der Waals surface area contributed by atoms with Crippen LogP contribution in [0, 0.1) is 5.82 Å². The van der Waals surface area contributed by atoms with E-state index in [4.69, 9.17) is 23.2 Å². The summed E-state index contributed by atoms with van der Waals surface area (Å²) in [6.45, 7) is 3.02. The third kappa shape index (κ3) is 3.77. The Bertz CT molecular complexity index is 634. The second-order valence-corrected chi connectivity index (χ2v) is 5.42. The molecule has 0 aliphatic rings. The largest absolute Gasteiger partial charge is 0.369 e. The molecule has 1 N–H and O–H groups in total. The molecule has 112 valence electrons. The summed E-state index contributed by atoms with van der Waals surface area (Å²) in [6.07, 6.45) is 0. The van der Waals surface area contributed by atoms with Crippen LogP contribution in [0.2, 0.25) is 10.0 Å². The third-order valence-electron chi connectivity index (χ3n) is 2.98. The van der Waals surface area contributed by atoms with Gasteiger partial charge in [0, 0.05) is 25.7 Å². The maximum absolute atomic E-state index is 13.7. The van der Waals surface area contributed by atoms with Gasteiger partial charge in [-0.1, -0.05) is 41.4 Å². The Labute approximate surface area is 133 Å². The number of benzene rings is 1. The first-order chi connectivity index (χ1) is 10.0. The van der Waals surface area contributed by atoms with E-state index in [1.807, 2.05) is 14.0 Å². The van der Waals surface area contributed by atoms with Gasteiger partial charge >= 0.3 is 0 Å². The summed E-state index contributed by atoms with van der Waals surface area (Å²) in [4.78, 5) is 6.21. The summed E-state index contributed by atoms with van der Waals surface area (Å²) >= 11 is 12.3. The van der Waals surface area contributed by atoms with Crippen LogP contribution >= 0.6 is 23.2 Å². The monoisotopic (exact) mass is 327 g/mol. The zero-order valence-corrected chi connectivity index (χ0v) is 13.3. The summed E-state index contributed by atoms with van der Waals surface area (Å²) in [5, 5.41) is 3.96. The second-order valence-electron chi connectivity index (χ2n) is 4.60. The number of hydrogen-bond donors (Lipinski definition) is 1. The van der Waals surface area contributed by atoms with Crippen molar-refractivity contribution in [3.63, 3.8) is 0 Å². The molecule has 3 nitrogen and oxygen atoms in total. The first kappa shape index (κ1) is 15.9. The average molecular weight is 328 g/mol. The molecule has 21 heavy (non-hydrogen) atoms. The normalized spacial score (nSPS) is 10.5. The highest BCUT2D eigenvalue weighted by Crippen LogP contribution is 2.31. The van der Waals surface area contributed by atoms with Gasteiger partial charge in [-0.3, -0.25) is 0 Å². The summed E-state index contributed by atoms with van der Waals surface area (Å²) in [5.41, 5.74) is 0.581. The molecular weight excluding hydrogens is 312 g/mol. The van der Waals surface area contributed by atoms with Crippen molar-refractivity contribution in [2.45, 2.75) is 13.5 Å². The van der Waals surface area contributed by atoms with Crippen LogP contribution in [0.1, 0.15) is 12.5 Å². The van der Waals surface area contributed by atoms with Crippen molar-refractivity contribution >= 4 is 34.8 Å². The minimum atomic E-state index is -0.249. The van der Waals surface area contributed by atoms with E-state index in [2.05, 4.69) is 10.3 Å². The molecule has 2 rings (SSSR count). The number of nitrogens with zero attached hydrogens (tertiary/aromatic N) is 2. The van der Waals surface area contributed by atoms with Crippen LogP contribution < -0.4 is 10.2 Å². The molecule has 0 amide bonds. The first-order valence-corrected chi connectivity index (χ1v) is 7.33. The molecule has 0 fully saturated rings. The molecule has 0 radical (unpaired) electrons. The molecule has 0 atom stereocenters. The Morgan fingerprint density at radius 1 is 1.24 bits per heavy atom. The van der Waals surface area contributed by atoms with Gasteiger partial charge in [0.25, 0.3) is 0 Å². The van der Waals surface area contributed by atoms with Crippen molar-refractivity contribution in [3.8, 4) is 0 Å². The molecule has 6 heteroatoms. The molecule has 2 aromatic rings. The zero-order chi connectivity index (χ0) is 15.4. The minimum absolute atomic E-state index is 0.249. The van der Waals surface area contributed by atoms with Crippen LogP contribution in [0.3, 0.4) is 0 Å². The number of pyridine rings is 1. The molecular formula is C15H16Cl2FN3. The molecule has 1 aromatic heterocycles. The second kappa shape index (κ2) is 6.96. The highest BCUT2D eigenvalue weighted by molar-refractivity contribution is 6.37. The van der Waals surface area contributed by atoms with Crippen molar-refractivity contribution < 1.29 is 4.39 Å². The lowest BCUT2D eigenvalue weighted by Gasteiger charge is -2.21. The number of hydrogen-bond acceptors (Lipinski definition) is 3. The van der Waals surface area contributed by atoms with E-state index >= 15 is 0 Å². The number of rotatable bonds is 5. The first-order valence-electron chi connectivity index (χ1n) is 6.57. The number of nitrogens with one attached hydrogen (secondary N) is 1. The fraction of sp³-hybridized carbons (Fsp3) is 0.267. The molecule has 1 aromatic carbocycles. The highest BCUT2D eigenvalue weighted by atomic mass is 35.5. The zero-order valence-electron chi connectivity index (χ0n) is 11.8. The van der Waals surface area contributed by atoms with Gasteiger partial charge < -0.3 is 10.2 Å². The van der Waals surface area contributed by atoms with Gasteiger partial charge in [0.2, 0.25) is 0 Å². The van der Waals surface area contributed by atoms with E-state index in [1.54, 1.807) is 29.2 Å². The van der Waals surface area contributed by atoms with Crippen LogP contribution in [0.15, 0.2) is 30.3 Å². The Morgan fingerprint density at radius 2 is 1.95 bits per heavy atom. The summed E-state index contributed by atoms with van der Waals surface area (Å²) in [6, 6.07) is 8.27. The van der Waals surface area contributed by atoms with Crippen LogP contribution in [-0.4, -0.2) is 18.6 Å². The van der Waals surface area contributed by atoms with E-state index in [-0.39, 0.29) is 5.82 Å². The van der Waals surface area contributed by atoms with Crippen molar-refractivity contribution in [1.29, 1.82) is 0 Å². The van der Waals surface area contributed by atoms with Gasteiger partial charge in [-0.05, 0) is 19.1 Å². The van der Waals surface area contributed by atoms with E-state index in [0.717, 1.165) is 0 Å². The Kier molecular flexibility index (Phi) is 5.26. The number of anilines is 2. The van der Waals surface area contributed by atoms with Crippen molar-refractivity contribution in [2.75, 3.05) is 23.8 Å². The minimum Gasteiger partial charge on any atom is -0.369 e. The number of aromatic nitrogens is 1. The van der Waals surface area contributed by atoms with Crippen LogP contribution in [0.5, 0.6) is 0 Å². The molecule has 0 saturated heterocycles. The predicted molar refractivity (Wildman–Crippen MR) is 86.9 cm³/mol. The van der Waals surface area contributed by atoms with E-state index < -0.39 is 0 Å². The van der Waals surface area contributed by atoms with Crippen molar-refractivity contribution in [3.05, 3.63) is 51.8 Å². The Balaban J connectivity index is 2.28. The highest BCUT2D eigenvalue weighted by Gasteiger charge is 2.14. The lowest BCUT2D eigenvalue weighted by molar-refractivity contribution is 0.607. The van der Waals surface area contributed by atoms with Gasteiger partial charge in [0.15, 0.2) is 0 Å². The summed E-state index contributed by atoms with van der Waals surface area (Å²) in [5.74, 6) is 0.876. The maximum atomic E-state index is 13.7. The van der Waals surface area contributed by atoms with Crippen LogP contribution in [-0.2, 0) is 6.54 Å². The van der Waals surface area contributed by atoms with Gasteiger partial charge in [0.05, 0.1) is 10.0 Å². The van der Waals surface area contributed by atoms with E-state index in [9.17, 15) is 4.39 Å². The van der Waals surface area contributed by atoms with E-state index in [0.29, 0.717) is 40.3 Å². The fourth-order valence-electron chi connectivity index (χ4n) is 1.97. The van der Waals surface area contributed by atoms with Crippen molar-refractivity contribution in [2.24, 2.45) is 0 Å². The summed E-state index contributed by atoms with van der Waals surface area (Å²) in [7, 11) is 1.81. The SMILES string of the molecule is CCNc1nc(N(C)Cc2ccccc2F)c(Cl)cc1Cl. The third-order valence-corrected chi connectivity index (χ3v) is 3.55. The molecule has 0 aliphatic heterocycles. The molecule has 0 bridgehead atoms. The summed E-state index contributed by atoms with van der Waals surface area (Å²) < 4.78 is 13.7. The lowest BCUT2D eigenvalue weighted by Crippen LogP contribution is -2.19. The quantitative estimate of drug-likeness (QED) is 0.870. The topological polar surface area (TPSA) is 28.2 Å². The molecule has 0 aliphatic carbocycles. The molecule has 0 saturated carbocycles. The average Bonchev–Trinajstić information content (AvgIpc) is 2.44. The van der Waals surface area contributed by atoms with Crippen LogP contribution in [0.4, 0.5) is 16.0 Å². The predicted octanol–water partition coefficient (Wildman–Crippen LogP) is 4.60. The van der Waals surface area contributed by atoms with Gasteiger partial charge in [-0.25, -0.2) is 9.37 Å². The van der Waals surface area contributed by atoms with Gasteiger partial charge in [0.1, 0.15) is 17.5 Å². The maximum Gasteiger partial charge on any atom is 0.149 e. The fourth-order valence-corrected chi connectivity index (χ4v) is 2.54. The van der Waals surface area contributed by atoms with Crippen LogP contribution in [0.25, 0.3) is 0 Å². The van der Waals surface area contributed by atoms with E-state index in [1.165, 1.54) is 6.07 Å². The van der Waals surface area contributed by atoms with Gasteiger partial charge in [-0.15, -0.1) is 0 Å². The van der Waals surface area contributed by atoms with Crippen molar-refractivity contribution in [1.82, 2.24) is 4.98 Å². The smallest absolute Gasteiger partial charge is 0.149 e. The molecule has 1 heterocycles.